The van der Waals surface area contributed by atoms with E-state index < -0.39 is 0 Å². The van der Waals surface area contributed by atoms with Gasteiger partial charge in [0.1, 0.15) is 0 Å². The number of nitrogen functional groups attached to an aromatic ring is 1. The summed E-state index contributed by atoms with van der Waals surface area (Å²) < 4.78 is 2.55. The maximum Gasteiger partial charge on any atom is 0.0485 e. The Labute approximate surface area is 143 Å². The molecule has 0 unspecified atom stereocenters. The number of fused-ring (bicyclic) bond motifs is 3. The van der Waals surface area contributed by atoms with Crippen LogP contribution in [0.1, 0.15) is 29.7 Å². The van der Waals surface area contributed by atoms with Crippen LogP contribution < -0.4 is 11.1 Å². The SMILES string of the molecule is Nc1cccc(CNCCc2c3n(c4ccccc24)CCCC3)c1. The smallest absolute Gasteiger partial charge is 0.0485 e. The second-order valence-corrected chi connectivity index (χ2v) is 6.72. The molecule has 24 heavy (non-hydrogen) atoms. The number of nitrogens with two attached hydrogens (primary N) is 1. The van der Waals surface area contributed by atoms with Crippen LogP contribution in [0.25, 0.3) is 10.9 Å². The largest absolute Gasteiger partial charge is 0.399 e. The summed E-state index contributed by atoms with van der Waals surface area (Å²) >= 11 is 0. The molecule has 0 spiro atoms. The zero-order valence-corrected chi connectivity index (χ0v) is 14.1. The summed E-state index contributed by atoms with van der Waals surface area (Å²) in [7, 11) is 0. The molecule has 0 bridgehead atoms. The van der Waals surface area contributed by atoms with Crippen molar-refractivity contribution in [1.82, 2.24) is 9.88 Å². The Morgan fingerprint density at radius 3 is 2.88 bits per heavy atom. The van der Waals surface area contributed by atoms with Crippen molar-refractivity contribution in [3.63, 3.8) is 0 Å². The van der Waals surface area contributed by atoms with Crippen LogP contribution in [0.3, 0.4) is 0 Å². The van der Waals surface area contributed by atoms with Gasteiger partial charge in [-0.25, -0.2) is 0 Å². The number of hydrogen-bond donors (Lipinski definition) is 2. The average Bonchev–Trinajstić information content (AvgIpc) is 2.93. The van der Waals surface area contributed by atoms with Crippen LogP contribution >= 0.6 is 0 Å². The topological polar surface area (TPSA) is 43.0 Å². The first kappa shape index (κ1) is 15.3. The number of benzene rings is 2. The van der Waals surface area contributed by atoms with Crippen molar-refractivity contribution in [1.29, 1.82) is 0 Å². The highest BCUT2D eigenvalue weighted by Gasteiger charge is 2.18. The van der Waals surface area contributed by atoms with Gasteiger partial charge in [0.05, 0.1) is 0 Å². The third-order valence-electron chi connectivity index (χ3n) is 5.07. The van der Waals surface area contributed by atoms with Gasteiger partial charge in [-0.1, -0.05) is 30.3 Å². The van der Waals surface area contributed by atoms with Crippen molar-refractivity contribution in [2.75, 3.05) is 12.3 Å². The van der Waals surface area contributed by atoms with E-state index in [4.69, 9.17) is 5.73 Å². The Morgan fingerprint density at radius 2 is 1.96 bits per heavy atom. The second-order valence-electron chi connectivity index (χ2n) is 6.72. The maximum atomic E-state index is 5.85. The van der Waals surface area contributed by atoms with Crippen molar-refractivity contribution in [3.8, 4) is 0 Å². The Balaban J connectivity index is 1.48. The zero-order chi connectivity index (χ0) is 16.4. The zero-order valence-electron chi connectivity index (χ0n) is 14.1. The summed E-state index contributed by atoms with van der Waals surface area (Å²) in [5, 5.41) is 5.02. The van der Waals surface area contributed by atoms with Crippen LogP contribution in [0.2, 0.25) is 0 Å². The third kappa shape index (κ3) is 2.92. The Kier molecular flexibility index (Phi) is 4.26. The maximum absolute atomic E-state index is 5.85. The van der Waals surface area contributed by atoms with Crippen molar-refractivity contribution >= 4 is 16.6 Å². The predicted octanol–water partition coefficient (Wildman–Crippen LogP) is 3.89. The molecule has 4 rings (SSSR count). The van der Waals surface area contributed by atoms with Gasteiger partial charge >= 0.3 is 0 Å². The van der Waals surface area contributed by atoms with Gasteiger partial charge in [0.2, 0.25) is 0 Å². The van der Waals surface area contributed by atoms with E-state index in [0.29, 0.717) is 0 Å². The third-order valence-corrected chi connectivity index (χ3v) is 5.07. The molecule has 0 atom stereocenters. The number of aryl methyl sites for hydroxylation is 1. The van der Waals surface area contributed by atoms with Gasteiger partial charge in [-0.2, -0.15) is 0 Å². The summed E-state index contributed by atoms with van der Waals surface area (Å²) in [6.07, 6.45) is 4.93. The van der Waals surface area contributed by atoms with E-state index in [0.717, 1.165) is 25.2 Å². The van der Waals surface area contributed by atoms with Gasteiger partial charge in [0.25, 0.3) is 0 Å². The highest BCUT2D eigenvalue weighted by molar-refractivity contribution is 5.85. The van der Waals surface area contributed by atoms with Crippen molar-refractivity contribution in [3.05, 3.63) is 65.4 Å². The minimum atomic E-state index is 0.835. The van der Waals surface area contributed by atoms with E-state index in [1.165, 1.54) is 42.3 Å². The first-order valence-electron chi connectivity index (χ1n) is 8.97. The van der Waals surface area contributed by atoms with E-state index in [1.54, 1.807) is 11.3 Å². The monoisotopic (exact) mass is 319 g/mol. The van der Waals surface area contributed by atoms with E-state index in [2.05, 4.69) is 40.2 Å². The standard InChI is InChI=1S/C21H25N3/c22-17-7-5-6-16(14-17)15-23-12-11-19-18-8-1-2-9-20(18)24-13-4-3-10-21(19)24/h1-2,5-9,14,23H,3-4,10-13,15,22H2. The molecule has 3 aromatic rings. The van der Waals surface area contributed by atoms with Crippen LogP contribution in [-0.2, 0) is 25.9 Å². The molecule has 0 amide bonds. The highest BCUT2D eigenvalue weighted by atomic mass is 15.0. The van der Waals surface area contributed by atoms with Crippen molar-refractivity contribution in [2.24, 2.45) is 0 Å². The molecule has 2 heterocycles. The Morgan fingerprint density at radius 1 is 1.04 bits per heavy atom. The molecule has 1 aliphatic heterocycles. The number of anilines is 1. The Bertz CT molecular complexity index is 847. The molecule has 1 aromatic heterocycles. The van der Waals surface area contributed by atoms with Gasteiger partial charge in [-0.15, -0.1) is 0 Å². The summed E-state index contributed by atoms with van der Waals surface area (Å²) in [5.74, 6) is 0. The van der Waals surface area contributed by atoms with Gasteiger partial charge in [0.15, 0.2) is 0 Å². The molecule has 0 saturated heterocycles. The van der Waals surface area contributed by atoms with Crippen LogP contribution in [0.4, 0.5) is 5.69 Å². The normalized spacial score (nSPS) is 14.0. The molecule has 3 heteroatoms. The fraction of sp³-hybridized carbons (Fsp3) is 0.333. The molecule has 1 aliphatic rings. The molecule has 0 fully saturated rings. The lowest BCUT2D eigenvalue weighted by Crippen LogP contribution is -2.18. The van der Waals surface area contributed by atoms with Gasteiger partial charge < -0.3 is 15.6 Å². The van der Waals surface area contributed by atoms with E-state index in [9.17, 15) is 0 Å². The molecule has 0 aliphatic carbocycles. The fourth-order valence-electron chi connectivity index (χ4n) is 3.96. The second kappa shape index (κ2) is 6.70. The van der Waals surface area contributed by atoms with Crippen LogP contribution in [0, 0.1) is 0 Å². The molecular weight excluding hydrogens is 294 g/mol. The summed E-state index contributed by atoms with van der Waals surface area (Å²) in [5.41, 5.74) is 12.5. The first-order valence-corrected chi connectivity index (χ1v) is 8.97. The molecule has 2 aromatic carbocycles. The predicted molar refractivity (Wildman–Crippen MR) is 101 cm³/mol. The molecular formula is C21H25N3. The quantitative estimate of drug-likeness (QED) is 0.553. The molecule has 3 nitrogen and oxygen atoms in total. The van der Waals surface area contributed by atoms with E-state index in [1.807, 2.05) is 18.2 Å². The number of nitrogens with zero attached hydrogens (tertiary/aromatic N) is 1. The molecule has 0 saturated carbocycles. The highest BCUT2D eigenvalue weighted by Crippen LogP contribution is 2.30. The van der Waals surface area contributed by atoms with E-state index >= 15 is 0 Å². The minimum Gasteiger partial charge on any atom is -0.399 e. The first-order chi connectivity index (χ1) is 11.8. The van der Waals surface area contributed by atoms with E-state index in [-0.39, 0.29) is 0 Å². The number of hydrogen-bond acceptors (Lipinski definition) is 2. The Hall–Kier alpha value is -2.26. The van der Waals surface area contributed by atoms with Crippen LogP contribution in [0.5, 0.6) is 0 Å². The number of aromatic nitrogens is 1. The molecule has 3 N–H and O–H groups in total. The van der Waals surface area contributed by atoms with Gasteiger partial charge in [-0.3, -0.25) is 0 Å². The van der Waals surface area contributed by atoms with Crippen LogP contribution in [-0.4, -0.2) is 11.1 Å². The minimum absolute atomic E-state index is 0.835. The van der Waals surface area contributed by atoms with Crippen molar-refractivity contribution in [2.45, 2.75) is 38.8 Å². The lowest BCUT2D eigenvalue weighted by atomic mass is 10.0. The molecule has 124 valence electrons. The number of rotatable bonds is 5. The molecule has 0 radical (unpaired) electrons. The van der Waals surface area contributed by atoms with Crippen LogP contribution in [0.15, 0.2) is 48.5 Å². The lowest BCUT2D eigenvalue weighted by molar-refractivity contribution is 0.539. The van der Waals surface area contributed by atoms with Crippen molar-refractivity contribution < 1.29 is 0 Å². The number of nitrogens with one attached hydrogen (secondary N) is 1. The summed E-state index contributed by atoms with van der Waals surface area (Å²) in [6.45, 7) is 3.04. The summed E-state index contributed by atoms with van der Waals surface area (Å²) in [6, 6.07) is 17.0. The van der Waals surface area contributed by atoms with Gasteiger partial charge in [0, 0.05) is 35.4 Å². The fourth-order valence-corrected chi connectivity index (χ4v) is 3.96. The number of para-hydroxylation sites is 1. The van der Waals surface area contributed by atoms with Gasteiger partial charge in [-0.05, 0) is 61.6 Å². The summed E-state index contributed by atoms with van der Waals surface area (Å²) in [4.78, 5) is 0. The average molecular weight is 319 g/mol. The lowest BCUT2D eigenvalue weighted by Gasteiger charge is -2.17.